The van der Waals surface area contributed by atoms with Crippen LogP contribution in [0, 0.1) is 11.6 Å². The second-order valence-corrected chi connectivity index (χ2v) is 10.5. The second-order valence-electron chi connectivity index (χ2n) is 9.51. The second kappa shape index (κ2) is 11.7. The number of amides is 3. The van der Waals surface area contributed by atoms with E-state index in [4.69, 9.17) is 0 Å². The van der Waals surface area contributed by atoms with E-state index in [1.807, 2.05) is 24.4 Å². The Morgan fingerprint density at radius 1 is 1.05 bits per heavy atom. The summed E-state index contributed by atoms with van der Waals surface area (Å²) in [6, 6.07) is 14.8. The summed E-state index contributed by atoms with van der Waals surface area (Å²) < 4.78 is 27.9. The third-order valence-corrected chi connectivity index (χ3v) is 7.41. The van der Waals surface area contributed by atoms with E-state index in [0.717, 1.165) is 22.7 Å². The summed E-state index contributed by atoms with van der Waals surface area (Å²) in [5, 5.41) is 14.2. The number of nitrogens with one attached hydrogen (secondary N) is 4. The Labute approximate surface area is 237 Å². The van der Waals surface area contributed by atoms with Crippen LogP contribution in [-0.2, 0) is 16.1 Å². The number of nitrogens with zero attached hydrogens (tertiary/aromatic N) is 1. The van der Waals surface area contributed by atoms with Gasteiger partial charge in [-0.1, -0.05) is 6.07 Å². The topological polar surface area (TPSA) is 121 Å². The molecule has 5 rings (SSSR count). The van der Waals surface area contributed by atoms with Crippen molar-refractivity contribution in [3.8, 4) is 0 Å². The van der Waals surface area contributed by atoms with Gasteiger partial charge in [-0.15, -0.1) is 11.3 Å². The number of rotatable bonds is 9. The van der Waals surface area contributed by atoms with E-state index in [1.165, 1.54) is 40.3 Å². The molecule has 1 aliphatic rings. The lowest BCUT2D eigenvalue weighted by Crippen LogP contribution is -2.37. The summed E-state index contributed by atoms with van der Waals surface area (Å²) in [7, 11) is 0. The number of carbonyl (C=O) groups excluding carboxylic acids is 3. The molecule has 0 bridgehead atoms. The molecule has 0 radical (unpaired) electrons. The van der Waals surface area contributed by atoms with Crippen LogP contribution >= 0.6 is 11.3 Å². The quantitative estimate of drug-likeness (QED) is 0.238. The molecule has 0 saturated heterocycles. The number of anilines is 3. The molecule has 12 heteroatoms. The first-order chi connectivity index (χ1) is 19.7. The van der Waals surface area contributed by atoms with Crippen molar-refractivity contribution in [2.24, 2.45) is 0 Å². The van der Waals surface area contributed by atoms with E-state index in [2.05, 4.69) is 21.3 Å². The fourth-order valence-electron chi connectivity index (χ4n) is 4.66. The van der Waals surface area contributed by atoms with Crippen LogP contribution in [0.3, 0.4) is 0 Å². The van der Waals surface area contributed by atoms with Crippen molar-refractivity contribution in [3.63, 3.8) is 0 Å². The van der Waals surface area contributed by atoms with Gasteiger partial charge < -0.3 is 25.8 Å². The van der Waals surface area contributed by atoms with Gasteiger partial charge in [0.25, 0.3) is 11.5 Å². The first kappa shape index (κ1) is 27.7. The Bertz CT molecular complexity index is 1690. The van der Waals surface area contributed by atoms with E-state index in [-0.39, 0.29) is 24.1 Å². The molecule has 3 heterocycles. The molecule has 3 amide bonds. The number of fused-ring (bicyclic) bond motifs is 1. The minimum absolute atomic E-state index is 0.0736. The summed E-state index contributed by atoms with van der Waals surface area (Å²) in [6.45, 7) is 1.43. The number of halogens is 2. The van der Waals surface area contributed by atoms with Gasteiger partial charge in [-0.05, 0) is 78.0 Å². The maximum Gasteiger partial charge on any atom is 0.263 e. The van der Waals surface area contributed by atoms with Gasteiger partial charge in [0.2, 0.25) is 11.8 Å². The molecular weight excluding hydrogens is 552 g/mol. The molecular formula is C29H25F2N5O4S. The highest BCUT2D eigenvalue weighted by Gasteiger charge is 2.35. The third kappa shape index (κ3) is 6.17. The van der Waals surface area contributed by atoms with Crippen LogP contribution in [0.25, 0.3) is 0 Å². The fourth-order valence-corrected chi connectivity index (χ4v) is 5.37. The number of carbonyl (C=O) groups is 3. The summed E-state index contributed by atoms with van der Waals surface area (Å²) >= 11 is 1.53. The standard InChI is InChI=1S/C29H25F2N5O4S/c1-16(33-25-5-3-11-41-25)26-20-13-18(7-9-23(20)35-28(26)39)34-24(37)14-32-27(38)19-4-2-10-36(29(19)40)15-17-6-8-21(30)22(31)12-17/h2-13,16,26,33H,14-15H2,1H3,(H,32,38)(H,34,37)(H,35,39)/t16?,26-/m1/s1. The van der Waals surface area contributed by atoms with Crippen LogP contribution in [0.1, 0.15) is 34.3 Å². The van der Waals surface area contributed by atoms with Crippen molar-refractivity contribution >= 4 is 45.4 Å². The molecule has 4 aromatic rings. The zero-order chi connectivity index (χ0) is 29.1. The van der Waals surface area contributed by atoms with Gasteiger partial charge in [0.1, 0.15) is 5.56 Å². The molecule has 210 valence electrons. The molecule has 41 heavy (non-hydrogen) atoms. The molecule has 2 aromatic heterocycles. The number of thiophene rings is 1. The van der Waals surface area contributed by atoms with Crippen molar-refractivity contribution in [1.29, 1.82) is 0 Å². The predicted octanol–water partition coefficient (Wildman–Crippen LogP) is 4.14. The van der Waals surface area contributed by atoms with E-state index in [0.29, 0.717) is 16.9 Å². The van der Waals surface area contributed by atoms with Gasteiger partial charge in [0.15, 0.2) is 11.6 Å². The molecule has 9 nitrogen and oxygen atoms in total. The Kier molecular flexibility index (Phi) is 7.92. The smallest absolute Gasteiger partial charge is 0.263 e. The minimum atomic E-state index is -1.04. The number of hydrogen-bond donors (Lipinski definition) is 4. The fraction of sp³-hybridized carbons (Fsp3) is 0.172. The van der Waals surface area contributed by atoms with Crippen LogP contribution in [0.5, 0.6) is 0 Å². The number of hydrogen-bond acceptors (Lipinski definition) is 6. The Morgan fingerprint density at radius 2 is 1.88 bits per heavy atom. The first-order valence-electron chi connectivity index (χ1n) is 12.7. The van der Waals surface area contributed by atoms with Crippen LogP contribution in [0.15, 0.2) is 77.0 Å². The summed E-state index contributed by atoms with van der Waals surface area (Å²) in [6.07, 6.45) is 1.42. The van der Waals surface area contributed by atoms with Gasteiger partial charge in [-0.25, -0.2) is 8.78 Å². The van der Waals surface area contributed by atoms with Crippen LogP contribution in [0.2, 0.25) is 0 Å². The lowest BCUT2D eigenvalue weighted by atomic mass is 9.93. The highest BCUT2D eigenvalue weighted by molar-refractivity contribution is 7.14. The maximum atomic E-state index is 13.5. The summed E-state index contributed by atoms with van der Waals surface area (Å²) in [5.41, 5.74) is 1.32. The minimum Gasteiger partial charge on any atom is -0.373 e. The Hall–Kier alpha value is -4.84. The predicted molar refractivity (Wildman–Crippen MR) is 152 cm³/mol. The van der Waals surface area contributed by atoms with Crippen LogP contribution < -0.4 is 26.8 Å². The highest BCUT2D eigenvalue weighted by Crippen LogP contribution is 2.37. The van der Waals surface area contributed by atoms with Crippen molar-refractivity contribution < 1.29 is 23.2 Å². The SMILES string of the molecule is CC(Nc1cccs1)[C@H]1C(=O)Nc2ccc(NC(=O)CNC(=O)c3cccn(Cc4ccc(F)c(F)c4)c3=O)cc21. The average Bonchev–Trinajstić information content (AvgIpc) is 3.57. The molecule has 0 saturated carbocycles. The van der Waals surface area contributed by atoms with Gasteiger partial charge in [0.05, 0.1) is 24.0 Å². The maximum absolute atomic E-state index is 13.5. The molecule has 2 aromatic carbocycles. The zero-order valence-corrected chi connectivity index (χ0v) is 22.6. The zero-order valence-electron chi connectivity index (χ0n) is 21.7. The highest BCUT2D eigenvalue weighted by atomic mass is 32.1. The summed E-state index contributed by atoms with van der Waals surface area (Å²) in [5.74, 6) is -3.96. The van der Waals surface area contributed by atoms with Gasteiger partial charge in [0, 0.05) is 23.6 Å². The lowest BCUT2D eigenvalue weighted by Gasteiger charge is -2.20. The molecule has 4 N–H and O–H groups in total. The van der Waals surface area contributed by atoms with Crippen molar-refractivity contribution in [3.05, 3.63) is 111 Å². The molecule has 1 unspecified atom stereocenters. The van der Waals surface area contributed by atoms with E-state index in [9.17, 15) is 28.0 Å². The van der Waals surface area contributed by atoms with E-state index >= 15 is 0 Å². The molecule has 0 aliphatic carbocycles. The lowest BCUT2D eigenvalue weighted by molar-refractivity contribution is -0.117. The first-order valence-corrected chi connectivity index (χ1v) is 13.5. The van der Waals surface area contributed by atoms with Gasteiger partial charge >= 0.3 is 0 Å². The Morgan fingerprint density at radius 3 is 2.63 bits per heavy atom. The molecule has 0 fully saturated rings. The molecule has 2 atom stereocenters. The van der Waals surface area contributed by atoms with Crippen LogP contribution in [0.4, 0.5) is 25.2 Å². The monoisotopic (exact) mass is 577 g/mol. The molecule has 0 spiro atoms. The normalized spacial score (nSPS) is 14.6. The largest absolute Gasteiger partial charge is 0.373 e. The number of aromatic nitrogens is 1. The van der Waals surface area contributed by atoms with Crippen molar-refractivity contribution in [1.82, 2.24) is 9.88 Å². The average molecular weight is 578 g/mol. The van der Waals surface area contributed by atoms with E-state index in [1.54, 1.807) is 18.2 Å². The van der Waals surface area contributed by atoms with Gasteiger partial charge in [-0.3, -0.25) is 19.2 Å². The number of benzene rings is 2. The number of pyridine rings is 1. The summed E-state index contributed by atoms with van der Waals surface area (Å²) in [4.78, 5) is 50.8. The molecule has 1 aliphatic heterocycles. The van der Waals surface area contributed by atoms with Crippen molar-refractivity contribution in [2.75, 3.05) is 22.5 Å². The van der Waals surface area contributed by atoms with Crippen molar-refractivity contribution in [2.45, 2.75) is 25.4 Å². The Balaban J connectivity index is 1.21. The third-order valence-electron chi connectivity index (χ3n) is 6.61. The van der Waals surface area contributed by atoms with E-state index < -0.39 is 41.5 Å². The van der Waals surface area contributed by atoms with Gasteiger partial charge in [-0.2, -0.15) is 0 Å². The van der Waals surface area contributed by atoms with Crippen LogP contribution in [-0.4, -0.2) is 34.9 Å².